The van der Waals surface area contributed by atoms with Gasteiger partial charge in [-0.1, -0.05) is 13.8 Å². The Balaban J connectivity index is 2.34. The predicted octanol–water partition coefficient (Wildman–Crippen LogP) is -0.0803. The molecular weight excluding hydrogens is 212 g/mol. The Morgan fingerprint density at radius 1 is 1.50 bits per heavy atom. The molecule has 2 unspecified atom stereocenters. The summed E-state index contributed by atoms with van der Waals surface area (Å²) in [5, 5.41) is 22.4. The van der Waals surface area contributed by atoms with Crippen LogP contribution in [0, 0.1) is 5.41 Å². The second-order valence-corrected chi connectivity index (χ2v) is 4.77. The Hall–Kier alpha value is -1.30. The minimum Gasteiger partial charge on any atom is -0.480 e. The van der Waals surface area contributed by atoms with Crippen LogP contribution in [0.2, 0.25) is 0 Å². The largest absolute Gasteiger partial charge is 0.480 e. The second kappa shape index (κ2) is 4.69. The number of carbonyl (C=O) groups is 2. The zero-order chi connectivity index (χ0) is 12.3. The van der Waals surface area contributed by atoms with Crippen LogP contribution in [0.25, 0.3) is 0 Å². The van der Waals surface area contributed by atoms with Crippen LogP contribution in [0.15, 0.2) is 0 Å². The van der Waals surface area contributed by atoms with Crippen LogP contribution < -0.4 is 10.6 Å². The monoisotopic (exact) mass is 230 g/mol. The molecule has 2 amide bonds. The van der Waals surface area contributed by atoms with E-state index in [9.17, 15) is 9.59 Å². The number of urea groups is 1. The smallest absolute Gasteiger partial charge is 0.326 e. The van der Waals surface area contributed by atoms with E-state index in [4.69, 9.17) is 10.2 Å². The summed E-state index contributed by atoms with van der Waals surface area (Å²) >= 11 is 0. The Morgan fingerprint density at radius 2 is 2.06 bits per heavy atom. The summed E-state index contributed by atoms with van der Waals surface area (Å²) in [7, 11) is 0. The Labute approximate surface area is 94.0 Å². The number of carboxylic acids is 1. The molecule has 0 aromatic rings. The van der Waals surface area contributed by atoms with E-state index in [2.05, 4.69) is 10.6 Å². The Bertz CT molecular complexity index is 291. The summed E-state index contributed by atoms with van der Waals surface area (Å²) in [5.41, 5.74) is 0.104. The van der Waals surface area contributed by atoms with E-state index in [0.29, 0.717) is 0 Å². The lowest BCUT2D eigenvalue weighted by atomic mass is 10.2. The van der Waals surface area contributed by atoms with Gasteiger partial charge in [-0.3, -0.25) is 0 Å². The van der Waals surface area contributed by atoms with Crippen LogP contribution >= 0.6 is 0 Å². The number of aliphatic hydroxyl groups excluding tert-OH is 1. The quantitative estimate of drug-likeness (QED) is 0.531. The molecule has 6 heteroatoms. The minimum absolute atomic E-state index is 0.0107. The van der Waals surface area contributed by atoms with E-state index < -0.39 is 18.0 Å². The van der Waals surface area contributed by atoms with Crippen molar-refractivity contribution in [3.8, 4) is 0 Å². The average molecular weight is 230 g/mol. The molecule has 6 nitrogen and oxygen atoms in total. The Morgan fingerprint density at radius 3 is 2.44 bits per heavy atom. The summed E-state index contributed by atoms with van der Waals surface area (Å²) in [6.07, 6.45) is 0.912. The zero-order valence-corrected chi connectivity index (χ0v) is 9.49. The van der Waals surface area contributed by atoms with Gasteiger partial charge < -0.3 is 20.8 Å². The van der Waals surface area contributed by atoms with Crippen LogP contribution in [0.1, 0.15) is 26.7 Å². The highest BCUT2D eigenvalue weighted by atomic mass is 16.4. The third-order valence-corrected chi connectivity index (χ3v) is 2.84. The molecule has 1 aliphatic carbocycles. The average Bonchev–Trinajstić information content (AvgIpc) is 2.72. The van der Waals surface area contributed by atoms with Gasteiger partial charge in [0.1, 0.15) is 6.04 Å². The minimum atomic E-state index is -1.14. The summed E-state index contributed by atoms with van der Waals surface area (Å²) in [4.78, 5) is 22.1. The lowest BCUT2D eigenvalue weighted by Gasteiger charge is -2.14. The fourth-order valence-corrected chi connectivity index (χ4v) is 1.46. The molecule has 0 heterocycles. The number of rotatable bonds is 5. The van der Waals surface area contributed by atoms with Crippen molar-refractivity contribution in [1.82, 2.24) is 10.6 Å². The van der Waals surface area contributed by atoms with Crippen molar-refractivity contribution in [2.24, 2.45) is 5.41 Å². The SMILES string of the molecule is CC1(C)CC1NC(=O)NC(CCO)C(=O)O. The summed E-state index contributed by atoms with van der Waals surface area (Å²) in [6, 6.07) is -1.42. The highest BCUT2D eigenvalue weighted by molar-refractivity contribution is 5.82. The normalized spacial score (nSPS) is 23.3. The van der Waals surface area contributed by atoms with Crippen molar-refractivity contribution < 1.29 is 19.8 Å². The number of carboxylic acid groups (broad SMARTS) is 1. The van der Waals surface area contributed by atoms with Crippen molar-refractivity contribution >= 4 is 12.0 Å². The van der Waals surface area contributed by atoms with Gasteiger partial charge in [-0.15, -0.1) is 0 Å². The fourth-order valence-electron chi connectivity index (χ4n) is 1.46. The molecule has 0 radical (unpaired) electrons. The molecule has 1 rings (SSSR count). The highest BCUT2D eigenvalue weighted by Gasteiger charge is 2.46. The molecule has 0 aromatic heterocycles. The lowest BCUT2D eigenvalue weighted by molar-refractivity contribution is -0.139. The third kappa shape index (κ3) is 3.37. The zero-order valence-electron chi connectivity index (χ0n) is 9.49. The van der Waals surface area contributed by atoms with Crippen molar-refractivity contribution in [2.75, 3.05) is 6.61 Å². The third-order valence-electron chi connectivity index (χ3n) is 2.84. The molecule has 1 saturated carbocycles. The van der Waals surface area contributed by atoms with E-state index in [0.717, 1.165) is 6.42 Å². The van der Waals surface area contributed by atoms with E-state index in [1.807, 2.05) is 13.8 Å². The summed E-state index contributed by atoms with van der Waals surface area (Å²) < 4.78 is 0. The van der Waals surface area contributed by atoms with E-state index in [1.54, 1.807) is 0 Å². The number of carbonyl (C=O) groups excluding carboxylic acids is 1. The van der Waals surface area contributed by atoms with Gasteiger partial charge in [0.05, 0.1) is 0 Å². The van der Waals surface area contributed by atoms with Crippen molar-refractivity contribution in [3.05, 3.63) is 0 Å². The maximum absolute atomic E-state index is 11.4. The fraction of sp³-hybridized carbons (Fsp3) is 0.800. The first kappa shape index (κ1) is 12.8. The maximum atomic E-state index is 11.4. The number of aliphatic carboxylic acids is 1. The maximum Gasteiger partial charge on any atom is 0.326 e. The van der Waals surface area contributed by atoms with Gasteiger partial charge in [-0.2, -0.15) is 0 Å². The number of hydrogen-bond acceptors (Lipinski definition) is 3. The van der Waals surface area contributed by atoms with E-state index >= 15 is 0 Å². The van der Waals surface area contributed by atoms with Crippen molar-refractivity contribution in [1.29, 1.82) is 0 Å². The van der Waals surface area contributed by atoms with Crippen LogP contribution in [0.5, 0.6) is 0 Å². The molecule has 16 heavy (non-hydrogen) atoms. The van der Waals surface area contributed by atoms with Gasteiger partial charge in [-0.25, -0.2) is 9.59 Å². The standard InChI is InChI=1S/C10H18N2O4/c1-10(2)5-7(10)12-9(16)11-6(3-4-13)8(14)15/h6-7,13H,3-5H2,1-2H3,(H,14,15)(H2,11,12,16). The van der Waals surface area contributed by atoms with Gasteiger partial charge >= 0.3 is 12.0 Å². The number of hydrogen-bond donors (Lipinski definition) is 4. The van der Waals surface area contributed by atoms with E-state index in [1.165, 1.54) is 0 Å². The van der Waals surface area contributed by atoms with Crippen LogP contribution in [-0.2, 0) is 4.79 Å². The lowest BCUT2D eigenvalue weighted by Crippen LogP contribution is -2.47. The number of nitrogens with one attached hydrogen (secondary N) is 2. The molecule has 92 valence electrons. The summed E-state index contributed by atoms with van der Waals surface area (Å²) in [6.45, 7) is 3.78. The van der Waals surface area contributed by atoms with Gasteiger partial charge in [0, 0.05) is 19.1 Å². The topological polar surface area (TPSA) is 98.7 Å². The van der Waals surface area contributed by atoms with Gasteiger partial charge in [-0.05, 0) is 11.8 Å². The molecule has 4 N–H and O–H groups in total. The van der Waals surface area contributed by atoms with Crippen molar-refractivity contribution in [2.45, 2.75) is 38.8 Å². The molecule has 0 bridgehead atoms. The molecule has 1 aliphatic rings. The van der Waals surface area contributed by atoms with Crippen molar-refractivity contribution in [3.63, 3.8) is 0 Å². The Kier molecular flexibility index (Phi) is 3.74. The van der Waals surface area contributed by atoms with Crippen LogP contribution in [-0.4, -0.2) is 40.9 Å². The van der Waals surface area contributed by atoms with Gasteiger partial charge in [0.2, 0.25) is 0 Å². The number of amides is 2. The predicted molar refractivity (Wildman–Crippen MR) is 57.0 cm³/mol. The molecule has 0 spiro atoms. The molecule has 0 saturated heterocycles. The molecular formula is C10H18N2O4. The first-order valence-electron chi connectivity index (χ1n) is 5.27. The number of aliphatic hydroxyl groups is 1. The molecule has 2 atom stereocenters. The van der Waals surface area contributed by atoms with Gasteiger partial charge in [0.25, 0.3) is 0 Å². The first-order valence-corrected chi connectivity index (χ1v) is 5.27. The molecule has 0 aromatic carbocycles. The van der Waals surface area contributed by atoms with Crippen LogP contribution in [0.4, 0.5) is 4.79 Å². The first-order chi connectivity index (χ1) is 7.36. The van der Waals surface area contributed by atoms with Crippen LogP contribution in [0.3, 0.4) is 0 Å². The van der Waals surface area contributed by atoms with E-state index in [-0.39, 0.29) is 24.5 Å². The molecule has 0 aliphatic heterocycles. The van der Waals surface area contributed by atoms with Gasteiger partial charge in [0.15, 0.2) is 0 Å². The second-order valence-electron chi connectivity index (χ2n) is 4.77. The highest BCUT2D eigenvalue weighted by Crippen LogP contribution is 2.44. The molecule has 1 fully saturated rings. The summed E-state index contributed by atoms with van der Waals surface area (Å²) in [5.74, 6) is -1.14.